The van der Waals surface area contributed by atoms with Gasteiger partial charge in [0.05, 0.1) is 12.1 Å². The van der Waals surface area contributed by atoms with Crippen molar-refractivity contribution >= 4 is 22.4 Å². The Bertz CT molecular complexity index is 350. The molecule has 16 heavy (non-hydrogen) atoms. The van der Waals surface area contributed by atoms with Crippen LogP contribution in [0.3, 0.4) is 0 Å². The van der Waals surface area contributed by atoms with Crippen molar-refractivity contribution < 1.29 is 9.90 Å². The third kappa shape index (κ3) is 3.48. The number of carboxylic acid groups (broad SMARTS) is 1. The van der Waals surface area contributed by atoms with Crippen LogP contribution in [0.4, 0.5) is 5.13 Å². The number of carboxylic acids is 1. The minimum Gasteiger partial charge on any atom is -0.481 e. The van der Waals surface area contributed by atoms with Gasteiger partial charge in [0, 0.05) is 24.4 Å². The van der Waals surface area contributed by atoms with Gasteiger partial charge in [-0.3, -0.25) is 4.79 Å². The molecule has 0 amide bonds. The zero-order chi connectivity index (χ0) is 12.1. The maximum absolute atomic E-state index is 10.4. The number of hydrogen-bond donors (Lipinski definition) is 1. The number of aryl methyl sites for hydroxylation is 1. The van der Waals surface area contributed by atoms with E-state index in [2.05, 4.69) is 30.7 Å². The highest BCUT2D eigenvalue weighted by molar-refractivity contribution is 7.13. The van der Waals surface area contributed by atoms with Gasteiger partial charge < -0.3 is 10.0 Å². The molecule has 0 aliphatic heterocycles. The van der Waals surface area contributed by atoms with E-state index >= 15 is 0 Å². The SMILES string of the molecule is CCN(c1nc(CCC(=O)O)cs1)C(C)C. The Kier molecular flexibility index (Phi) is 4.73. The summed E-state index contributed by atoms with van der Waals surface area (Å²) in [6.45, 7) is 7.27. The van der Waals surface area contributed by atoms with Crippen molar-refractivity contribution in [3.05, 3.63) is 11.1 Å². The number of carbonyl (C=O) groups is 1. The lowest BCUT2D eigenvalue weighted by atomic mass is 10.2. The van der Waals surface area contributed by atoms with Crippen LogP contribution in [0.15, 0.2) is 5.38 Å². The highest BCUT2D eigenvalue weighted by Gasteiger charge is 2.12. The highest BCUT2D eigenvalue weighted by atomic mass is 32.1. The van der Waals surface area contributed by atoms with E-state index in [0.717, 1.165) is 17.4 Å². The zero-order valence-electron chi connectivity index (χ0n) is 9.93. The Morgan fingerprint density at radius 3 is 2.81 bits per heavy atom. The number of hydrogen-bond acceptors (Lipinski definition) is 4. The molecule has 1 rings (SSSR count). The Morgan fingerprint density at radius 2 is 2.31 bits per heavy atom. The van der Waals surface area contributed by atoms with Gasteiger partial charge in [0.25, 0.3) is 0 Å². The summed E-state index contributed by atoms with van der Waals surface area (Å²) in [4.78, 5) is 17.1. The van der Waals surface area contributed by atoms with E-state index in [1.54, 1.807) is 11.3 Å². The maximum atomic E-state index is 10.4. The first-order chi connectivity index (χ1) is 7.54. The number of rotatable bonds is 6. The molecule has 0 atom stereocenters. The maximum Gasteiger partial charge on any atom is 0.303 e. The normalized spacial score (nSPS) is 10.8. The smallest absolute Gasteiger partial charge is 0.303 e. The van der Waals surface area contributed by atoms with E-state index in [4.69, 9.17) is 5.11 Å². The molecule has 0 radical (unpaired) electrons. The quantitative estimate of drug-likeness (QED) is 0.832. The van der Waals surface area contributed by atoms with Crippen molar-refractivity contribution in [2.75, 3.05) is 11.4 Å². The molecule has 0 aliphatic rings. The molecule has 0 bridgehead atoms. The van der Waals surface area contributed by atoms with Gasteiger partial charge in [-0.05, 0) is 20.8 Å². The van der Waals surface area contributed by atoms with Gasteiger partial charge in [0.2, 0.25) is 0 Å². The van der Waals surface area contributed by atoms with Crippen LogP contribution in [0.5, 0.6) is 0 Å². The van der Waals surface area contributed by atoms with Crippen molar-refractivity contribution in [3.63, 3.8) is 0 Å². The summed E-state index contributed by atoms with van der Waals surface area (Å²) in [7, 11) is 0. The first-order valence-corrected chi connectivity index (χ1v) is 6.35. The molecule has 1 heterocycles. The summed E-state index contributed by atoms with van der Waals surface area (Å²) < 4.78 is 0. The topological polar surface area (TPSA) is 53.4 Å². The Morgan fingerprint density at radius 1 is 1.62 bits per heavy atom. The summed E-state index contributed by atoms with van der Waals surface area (Å²) in [5, 5.41) is 11.5. The molecule has 1 aromatic heterocycles. The van der Waals surface area contributed by atoms with Gasteiger partial charge in [0.1, 0.15) is 0 Å². The van der Waals surface area contributed by atoms with Gasteiger partial charge in [-0.1, -0.05) is 0 Å². The second-order valence-corrected chi connectivity index (χ2v) is 4.73. The van der Waals surface area contributed by atoms with Crippen LogP contribution in [0, 0.1) is 0 Å². The standard InChI is InChI=1S/C11H18N2O2S/c1-4-13(8(2)3)11-12-9(7-16-11)5-6-10(14)15/h7-8H,4-6H2,1-3H3,(H,14,15). The molecule has 0 saturated carbocycles. The largest absolute Gasteiger partial charge is 0.481 e. The van der Waals surface area contributed by atoms with Crippen LogP contribution in [-0.4, -0.2) is 28.6 Å². The second-order valence-electron chi connectivity index (χ2n) is 3.89. The Hall–Kier alpha value is -1.10. The van der Waals surface area contributed by atoms with Gasteiger partial charge in [-0.2, -0.15) is 0 Å². The lowest BCUT2D eigenvalue weighted by Crippen LogP contribution is -2.30. The van der Waals surface area contributed by atoms with Gasteiger partial charge in [-0.15, -0.1) is 11.3 Å². The van der Waals surface area contributed by atoms with Crippen molar-refractivity contribution in [2.45, 2.75) is 39.7 Å². The van der Waals surface area contributed by atoms with E-state index in [1.165, 1.54) is 0 Å². The van der Waals surface area contributed by atoms with Crippen molar-refractivity contribution in [3.8, 4) is 0 Å². The molecule has 0 unspecified atom stereocenters. The number of anilines is 1. The second kappa shape index (κ2) is 5.84. The summed E-state index contributed by atoms with van der Waals surface area (Å²) in [5.41, 5.74) is 0.876. The Balaban J connectivity index is 2.66. The lowest BCUT2D eigenvalue weighted by Gasteiger charge is -2.24. The Labute approximate surface area is 99.9 Å². The minimum absolute atomic E-state index is 0.150. The predicted molar refractivity (Wildman–Crippen MR) is 66.2 cm³/mol. The van der Waals surface area contributed by atoms with E-state index in [1.807, 2.05) is 5.38 Å². The molecule has 5 heteroatoms. The zero-order valence-corrected chi connectivity index (χ0v) is 10.8. The molecule has 90 valence electrons. The van der Waals surface area contributed by atoms with E-state index in [-0.39, 0.29) is 6.42 Å². The highest BCUT2D eigenvalue weighted by Crippen LogP contribution is 2.22. The number of aromatic nitrogens is 1. The summed E-state index contributed by atoms with van der Waals surface area (Å²) >= 11 is 1.58. The molecule has 0 saturated heterocycles. The summed E-state index contributed by atoms with van der Waals surface area (Å²) in [5.74, 6) is -0.772. The minimum atomic E-state index is -0.772. The van der Waals surface area contributed by atoms with E-state index in [0.29, 0.717) is 12.5 Å². The first-order valence-electron chi connectivity index (χ1n) is 5.47. The average Bonchev–Trinajstić information content (AvgIpc) is 2.64. The fourth-order valence-corrected chi connectivity index (χ4v) is 2.56. The van der Waals surface area contributed by atoms with Crippen LogP contribution in [0.2, 0.25) is 0 Å². The van der Waals surface area contributed by atoms with E-state index in [9.17, 15) is 4.79 Å². The van der Waals surface area contributed by atoms with Crippen molar-refractivity contribution in [1.29, 1.82) is 0 Å². The van der Waals surface area contributed by atoms with Gasteiger partial charge >= 0.3 is 5.97 Å². The molecule has 1 aromatic rings. The van der Waals surface area contributed by atoms with Crippen LogP contribution in [0.25, 0.3) is 0 Å². The first kappa shape index (κ1) is 13.0. The van der Waals surface area contributed by atoms with Crippen LogP contribution in [0.1, 0.15) is 32.9 Å². The average molecular weight is 242 g/mol. The summed E-state index contributed by atoms with van der Waals surface area (Å²) in [6.07, 6.45) is 0.665. The fourth-order valence-electron chi connectivity index (χ4n) is 1.50. The molecule has 1 N–H and O–H groups in total. The lowest BCUT2D eigenvalue weighted by molar-refractivity contribution is -0.136. The number of aliphatic carboxylic acids is 1. The molecule has 0 spiro atoms. The van der Waals surface area contributed by atoms with Crippen LogP contribution < -0.4 is 4.90 Å². The third-order valence-corrected chi connectivity index (χ3v) is 3.27. The third-order valence-electron chi connectivity index (χ3n) is 2.34. The monoisotopic (exact) mass is 242 g/mol. The molecule has 4 nitrogen and oxygen atoms in total. The molecule has 0 aliphatic carbocycles. The number of thiazole rings is 1. The van der Waals surface area contributed by atoms with E-state index < -0.39 is 5.97 Å². The number of nitrogens with zero attached hydrogens (tertiary/aromatic N) is 2. The molecular weight excluding hydrogens is 224 g/mol. The molecule has 0 fully saturated rings. The molecule has 0 aromatic carbocycles. The van der Waals surface area contributed by atoms with Crippen molar-refractivity contribution in [2.24, 2.45) is 0 Å². The van der Waals surface area contributed by atoms with Crippen LogP contribution >= 0.6 is 11.3 Å². The fraction of sp³-hybridized carbons (Fsp3) is 0.636. The van der Waals surface area contributed by atoms with Crippen LogP contribution in [-0.2, 0) is 11.2 Å². The summed E-state index contributed by atoms with van der Waals surface area (Å²) in [6, 6.07) is 0.420. The molecular formula is C11H18N2O2S. The van der Waals surface area contributed by atoms with Crippen molar-refractivity contribution in [1.82, 2.24) is 4.98 Å². The predicted octanol–water partition coefficient (Wildman–Crippen LogP) is 2.40. The van der Waals surface area contributed by atoms with Gasteiger partial charge in [0.15, 0.2) is 5.13 Å². The van der Waals surface area contributed by atoms with Gasteiger partial charge in [-0.25, -0.2) is 4.98 Å².